The Labute approximate surface area is 228 Å². The molecule has 0 radical (unpaired) electrons. The summed E-state index contributed by atoms with van der Waals surface area (Å²) < 4.78 is 46.5. The number of β-amino-alcohol motifs (C(OH)–C–C–N with tert-alkyl or cyclic N) is 1. The van der Waals surface area contributed by atoms with E-state index in [2.05, 4.69) is 15.0 Å². The molecule has 2 heterocycles. The maximum Gasteiger partial charge on any atom is 0.394 e. The van der Waals surface area contributed by atoms with Gasteiger partial charge in [0, 0.05) is 50.2 Å². The van der Waals surface area contributed by atoms with Crippen molar-refractivity contribution in [3.8, 4) is 5.75 Å². The van der Waals surface area contributed by atoms with E-state index in [4.69, 9.17) is 11.6 Å². The van der Waals surface area contributed by atoms with Crippen LogP contribution in [0.4, 0.5) is 13.2 Å². The van der Waals surface area contributed by atoms with Gasteiger partial charge in [0.1, 0.15) is 17.1 Å². The number of aliphatic hydroxyl groups excluding tert-OH is 1. The van der Waals surface area contributed by atoms with Crippen LogP contribution in [0.1, 0.15) is 60.7 Å². The number of carbonyl (C=O) groups excluding carboxylic acids is 1. The van der Waals surface area contributed by atoms with E-state index in [1.165, 1.54) is 18.2 Å². The standard InChI is InChI=1S/C28H29ClF3N3O4/c1-28(31,32)39-19-6-2-16(3-7-19)25(36)15-34-10-8-17(9-11-34)33-27(38)21-14-35(18-4-5-18)24-13-22(29)23(30)12-20(24)26(21)37/h2-3,6-7,12-14,17-18,25,36H,4-5,8-11,15H2,1H3,(H,33,38)/t25-/m0/s1. The number of piperidine rings is 1. The molecule has 2 aromatic carbocycles. The van der Waals surface area contributed by atoms with Gasteiger partial charge in [0.15, 0.2) is 0 Å². The zero-order valence-electron chi connectivity index (χ0n) is 21.3. The number of rotatable bonds is 8. The van der Waals surface area contributed by atoms with E-state index < -0.39 is 29.4 Å². The summed E-state index contributed by atoms with van der Waals surface area (Å²) in [5.74, 6) is -1.19. The van der Waals surface area contributed by atoms with Crippen molar-refractivity contribution in [2.24, 2.45) is 0 Å². The van der Waals surface area contributed by atoms with Crippen LogP contribution in [-0.2, 0) is 0 Å². The van der Waals surface area contributed by atoms with E-state index in [-0.39, 0.29) is 33.8 Å². The Morgan fingerprint density at radius 2 is 1.85 bits per heavy atom. The minimum atomic E-state index is -3.28. The van der Waals surface area contributed by atoms with Gasteiger partial charge in [-0.3, -0.25) is 9.59 Å². The molecule has 2 fully saturated rings. The Bertz CT molecular complexity index is 1430. The Kier molecular flexibility index (Phi) is 7.63. The van der Waals surface area contributed by atoms with Crippen LogP contribution >= 0.6 is 11.6 Å². The lowest BCUT2D eigenvalue weighted by molar-refractivity contribution is -0.158. The third kappa shape index (κ3) is 6.40. The first-order valence-electron chi connectivity index (χ1n) is 12.9. The maximum atomic E-state index is 14.2. The van der Waals surface area contributed by atoms with E-state index >= 15 is 0 Å². The van der Waals surface area contributed by atoms with Gasteiger partial charge in [-0.25, -0.2) is 4.39 Å². The molecule has 208 valence electrons. The molecule has 1 saturated heterocycles. The molecule has 2 aliphatic rings. The number of halogens is 4. The van der Waals surface area contributed by atoms with Crippen molar-refractivity contribution in [3.63, 3.8) is 0 Å². The molecule has 0 spiro atoms. The first-order valence-corrected chi connectivity index (χ1v) is 13.3. The minimum absolute atomic E-state index is 0.0132. The normalized spacial score (nSPS) is 17.8. The van der Waals surface area contributed by atoms with Gasteiger partial charge in [-0.05, 0) is 55.5 Å². The van der Waals surface area contributed by atoms with Crippen LogP contribution in [0.3, 0.4) is 0 Å². The number of amides is 1. The highest BCUT2D eigenvalue weighted by Gasteiger charge is 2.29. The van der Waals surface area contributed by atoms with E-state index in [0.717, 1.165) is 18.9 Å². The summed E-state index contributed by atoms with van der Waals surface area (Å²) in [7, 11) is 0. The van der Waals surface area contributed by atoms with Crippen molar-refractivity contribution in [2.45, 2.75) is 56.9 Å². The number of aromatic nitrogens is 1. The predicted molar refractivity (Wildman–Crippen MR) is 141 cm³/mol. The molecule has 5 rings (SSSR count). The SMILES string of the molecule is CC(F)(F)Oc1ccc([C@@H](O)CN2CCC(NC(=O)c3cn(C4CC4)c4cc(Cl)c(F)cc4c3=O)CC2)cc1. The fourth-order valence-electron chi connectivity index (χ4n) is 5.00. The number of ether oxygens (including phenoxy) is 1. The smallest absolute Gasteiger partial charge is 0.394 e. The lowest BCUT2D eigenvalue weighted by Crippen LogP contribution is -2.46. The van der Waals surface area contributed by atoms with Crippen LogP contribution in [-0.4, -0.2) is 52.3 Å². The van der Waals surface area contributed by atoms with E-state index in [9.17, 15) is 27.9 Å². The molecule has 1 aliphatic carbocycles. The monoisotopic (exact) mass is 563 g/mol. The van der Waals surface area contributed by atoms with Crippen molar-refractivity contribution < 1.29 is 27.8 Å². The van der Waals surface area contributed by atoms with E-state index in [0.29, 0.717) is 50.5 Å². The zero-order chi connectivity index (χ0) is 27.9. The van der Waals surface area contributed by atoms with Gasteiger partial charge in [-0.15, -0.1) is 0 Å². The fourth-order valence-corrected chi connectivity index (χ4v) is 5.16. The van der Waals surface area contributed by atoms with Crippen molar-refractivity contribution >= 4 is 28.4 Å². The second-order valence-electron chi connectivity index (χ2n) is 10.3. The summed E-state index contributed by atoms with van der Waals surface area (Å²) in [6, 6.07) is 8.40. The summed E-state index contributed by atoms with van der Waals surface area (Å²) in [5.41, 5.74) is 0.540. The van der Waals surface area contributed by atoms with Gasteiger partial charge in [-0.1, -0.05) is 23.7 Å². The molecular weight excluding hydrogens is 535 g/mol. The number of benzene rings is 2. The quantitative estimate of drug-likeness (QED) is 0.401. The topological polar surface area (TPSA) is 83.8 Å². The number of likely N-dealkylation sites (tertiary alicyclic amines) is 1. The molecule has 2 N–H and O–H groups in total. The third-order valence-electron chi connectivity index (χ3n) is 7.17. The number of hydrogen-bond acceptors (Lipinski definition) is 5. The van der Waals surface area contributed by atoms with Crippen molar-refractivity contribution in [2.75, 3.05) is 19.6 Å². The molecule has 1 aromatic heterocycles. The molecule has 1 saturated carbocycles. The highest BCUT2D eigenvalue weighted by molar-refractivity contribution is 6.31. The second kappa shape index (κ2) is 10.8. The van der Waals surface area contributed by atoms with Gasteiger partial charge in [-0.2, -0.15) is 8.78 Å². The molecule has 1 aliphatic heterocycles. The predicted octanol–water partition coefficient (Wildman–Crippen LogP) is 5.05. The van der Waals surface area contributed by atoms with Gasteiger partial charge in [0.05, 0.1) is 16.6 Å². The molecule has 3 aromatic rings. The maximum absolute atomic E-state index is 14.2. The van der Waals surface area contributed by atoms with Crippen molar-refractivity contribution in [3.05, 3.63) is 74.8 Å². The number of carbonyl (C=O) groups is 1. The number of alkyl halides is 2. The minimum Gasteiger partial charge on any atom is -0.433 e. The number of hydrogen-bond donors (Lipinski definition) is 2. The number of fused-ring (bicyclic) bond motifs is 1. The molecule has 7 nitrogen and oxygen atoms in total. The molecule has 1 atom stereocenters. The molecule has 1 amide bonds. The van der Waals surface area contributed by atoms with Gasteiger partial charge in [0.25, 0.3) is 5.91 Å². The molecular formula is C28H29ClF3N3O4. The average molecular weight is 564 g/mol. The van der Waals surface area contributed by atoms with Crippen LogP contribution in [0.5, 0.6) is 5.75 Å². The van der Waals surface area contributed by atoms with Crippen LogP contribution in [0, 0.1) is 5.82 Å². The average Bonchev–Trinajstić information content (AvgIpc) is 3.71. The van der Waals surface area contributed by atoms with Crippen molar-refractivity contribution in [1.29, 1.82) is 0 Å². The van der Waals surface area contributed by atoms with Gasteiger partial charge < -0.3 is 24.6 Å². The highest BCUT2D eigenvalue weighted by atomic mass is 35.5. The second-order valence-corrected chi connectivity index (χ2v) is 10.7. The van der Waals surface area contributed by atoms with Crippen molar-refractivity contribution in [1.82, 2.24) is 14.8 Å². The van der Waals surface area contributed by atoms with E-state index in [1.54, 1.807) is 18.3 Å². The summed E-state index contributed by atoms with van der Waals surface area (Å²) in [4.78, 5) is 28.3. The summed E-state index contributed by atoms with van der Waals surface area (Å²) in [5, 5.41) is 13.6. The molecule has 11 heteroatoms. The Balaban J connectivity index is 1.20. The van der Waals surface area contributed by atoms with Crippen LogP contribution < -0.4 is 15.5 Å². The van der Waals surface area contributed by atoms with Crippen LogP contribution in [0.25, 0.3) is 10.9 Å². The lowest BCUT2D eigenvalue weighted by atomic mass is 10.0. The number of aliphatic hydroxyl groups is 1. The first kappa shape index (κ1) is 27.5. The Morgan fingerprint density at radius 1 is 1.18 bits per heavy atom. The van der Waals surface area contributed by atoms with Gasteiger partial charge >= 0.3 is 6.11 Å². The molecule has 39 heavy (non-hydrogen) atoms. The third-order valence-corrected chi connectivity index (χ3v) is 7.46. The van der Waals surface area contributed by atoms with Crippen LogP contribution in [0.2, 0.25) is 5.02 Å². The summed E-state index contributed by atoms with van der Waals surface area (Å²) >= 11 is 5.95. The highest BCUT2D eigenvalue weighted by Crippen LogP contribution is 2.37. The summed E-state index contributed by atoms with van der Waals surface area (Å²) in [6.45, 7) is 2.22. The first-order chi connectivity index (χ1) is 18.5. The zero-order valence-corrected chi connectivity index (χ0v) is 22.1. The number of pyridine rings is 1. The van der Waals surface area contributed by atoms with E-state index in [1.807, 2.05) is 4.57 Å². The molecule has 0 bridgehead atoms. The fraction of sp³-hybridized carbons (Fsp3) is 0.429. The largest absolute Gasteiger partial charge is 0.433 e. The van der Waals surface area contributed by atoms with Crippen LogP contribution in [0.15, 0.2) is 47.4 Å². The Morgan fingerprint density at radius 3 is 2.46 bits per heavy atom. The molecule has 0 unspecified atom stereocenters. The van der Waals surface area contributed by atoms with Gasteiger partial charge in [0.2, 0.25) is 5.43 Å². The lowest BCUT2D eigenvalue weighted by Gasteiger charge is -2.33. The Hall–Kier alpha value is -3.08. The number of nitrogens with one attached hydrogen (secondary N) is 1. The summed E-state index contributed by atoms with van der Waals surface area (Å²) in [6.07, 6.45) is 0.496. The number of nitrogens with zero attached hydrogens (tertiary/aromatic N) is 2.